The van der Waals surface area contributed by atoms with Crippen molar-refractivity contribution in [1.29, 1.82) is 0 Å². The van der Waals surface area contributed by atoms with E-state index in [1.54, 1.807) is 0 Å². The maximum Gasteiger partial charge on any atom is 0.472 e. The van der Waals surface area contributed by atoms with Gasteiger partial charge in [0, 0.05) is 0 Å². The van der Waals surface area contributed by atoms with Crippen molar-refractivity contribution in [2.45, 2.75) is 12.9 Å². The summed E-state index contributed by atoms with van der Waals surface area (Å²) in [4.78, 5) is 8.46. The monoisotopic (exact) mass is 226 g/mol. The minimum atomic E-state index is -4.76. The molecular formula is C4H7F4O4P. The molecule has 0 spiro atoms. The van der Waals surface area contributed by atoms with E-state index in [0.29, 0.717) is 0 Å². The standard InChI is InChI=1S/C4H7F4O4P/c5-3(6)1-11-13(9,10)12-2-4(7)8/h3-4H,1-2H2,(H,9,10). The molecule has 80 valence electrons. The van der Waals surface area contributed by atoms with Crippen molar-refractivity contribution >= 4 is 7.82 Å². The first kappa shape index (κ1) is 12.8. The smallest absolute Gasteiger partial charge is 0.302 e. The van der Waals surface area contributed by atoms with Gasteiger partial charge in [-0.1, -0.05) is 0 Å². The molecule has 9 heteroatoms. The molecule has 0 unspecified atom stereocenters. The molecule has 0 heterocycles. The minimum Gasteiger partial charge on any atom is -0.302 e. The van der Waals surface area contributed by atoms with E-state index in [-0.39, 0.29) is 0 Å². The summed E-state index contributed by atoms with van der Waals surface area (Å²) in [7, 11) is -4.76. The van der Waals surface area contributed by atoms with Crippen LogP contribution in [0.1, 0.15) is 0 Å². The topological polar surface area (TPSA) is 55.8 Å². The van der Waals surface area contributed by atoms with Gasteiger partial charge in [0.05, 0.1) is 0 Å². The van der Waals surface area contributed by atoms with Crippen LogP contribution >= 0.6 is 7.82 Å². The van der Waals surface area contributed by atoms with Crippen molar-refractivity contribution in [3.05, 3.63) is 0 Å². The number of halogens is 4. The first-order valence-electron chi connectivity index (χ1n) is 3.01. The number of alkyl halides is 4. The highest BCUT2D eigenvalue weighted by Gasteiger charge is 2.24. The fourth-order valence-electron chi connectivity index (χ4n) is 0.338. The lowest BCUT2D eigenvalue weighted by atomic mass is 10.8. The molecule has 0 aromatic heterocycles. The summed E-state index contributed by atoms with van der Waals surface area (Å²) >= 11 is 0. The van der Waals surface area contributed by atoms with Gasteiger partial charge in [0.25, 0.3) is 12.9 Å². The first-order valence-corrected chi connectivity index (χ1v) is 4.51. The highest BCUT2D eigenvalue weighted by Crippen LogP contribution is 2.43. The molecule has 0 amide bonds. The Morgan fingerprint density at radius 3 is 1.62 bits per heavy atom. The molecule has 4 nitrogen and oxygen atoms in total. The van der Waals surface area contributed by atoms with Gasteiger partial charge in [-0.25, -0.2) is 22.1 Å². The average molecular weight is 226 g/mol. The van der Waals surface area contributed by atoms with Crippen LogP contribution in [0.5, 0.6) is 0 Å². The summed E-state index contributed by atoms with van der Waals surface area (Å²) < 4.78 is 63.4. The SMILES string of the molecule is O=P(O)(OCC(F)F)OCC(F)F. The maximum atomic E-state index is 11.4. The van der Waals surface area contributed by atoms with Crippen molar-refractivity contribution in [1.82, 2.24) is 0 Å². The van der Waals surface area contributed by atoms with Crippen LogP contribution in [0.2, 0.25) is 0 Å². The molecule has 0 saturated heterocycles. The van der Waals surface area contributed by atoms with E-state index in [1.807, 2.05) is 0 Å². The van der Waals surface area contributed by atoms with Crippen LogP contribution < -0.4 is 0 Å². The van der Waals surface area contributed by atoms with E-state index in [9.17, 15) is 22.1 Å². The molecule has 0 bridgehead atoms. The molecule has 1 N–H and O–H groups in total. The Morgan fingerprint density at radius 1 is 1.08 bits per heavy atom. The van der Waals surface area contributed by atoms with Crippen molar-refractivity contribution in [3.8, 4) is 0 Å². The molecule has 0 fully saturated rings. The third kappa shape index (κ3) is 8.17. The van der Waals surface area contributed by atoms with Gasteiger partial charge >= 0.3 is 7.82 Å². The van der Waals surface area contributed by atoms with E-state index in [1.165, 1.54) is 0 Å². The van der Waals surface area contributed by atoms with Crippen LogP contribution in [0.15, 0.2) is 0 Å². The number of phosphoric acid groups is 1. The van der Waals surface area contributed by atoms with Gasteiger partial charge in [0.2, 0.25) is 0 Å². The largest absolute Gasteiger partial charge is 0.472 e. The molecule has 0 aliphatic carbocycles. The van der Waals surface area contributed by atoms with Crippen molar-refractivity contribution in [2.24, 2.45) is 0 Å². The van der Waals surface area contributed by atoms with Gasteiger partial charge < -0.3 is 4.89 Å². The third-order valence-electron chi connectivity index (χ3n) is 0.727. The van der Waals surface area contributed by atoms with Crippen molar-refractivity contribution < 1.29 is 36.1 Å². The lowest BCUT2D eigenvalue weighted by molar-refractivity contribution is 0.0292. The van der Waals surface area contributed by atoms with E-state index in [0.717, 1.165) is 0 Å². The predicted molar refractivity (Wildman–Crippen MR) is 33.7 cm³/mol. The van der Waals surface area contributed by atoms with Gasteiger partial charge in [-0.2, -0.15) is 0 Å². The van der Waals surface area contributed by atoms with Gasteiger partial charge in [0.1, 0.15) is 13.2 Å². The Hall–Kier alpha value is -0.170. The first-order chi connectivity index (χ1) is 5.83. The van der Waals surface area contributed by atoms with Crippen LogP contribution in [0.25, 0.3) is 0 Å². The highest BCUT2D eigenvalue weighted by atomic mass is 31.2. The van der Waals surface area contributed by atoms with Crippen LogP contribution in [0, 0.1) is 0 Å². The predicted octanol–water partition coefficient (Wildman–Crippen LogP) is 1.65. The summed E-state index contributed by atoms with van der Waals surface area (Å²) in [5, 5.41) is 0. The zero-order chi connectivity index (χ0) is 10.5. The lowest BCUT2D eigenvalue weighted by Crippen LogP contribution is -2.08. The molecule has 0 aliphatic heterocycles. The number of rotatable bonds is 6. The summed E-state index contributed by atoms with van der Waals surface area (Å²) in [6.45, 7) is -2.67. The molecule has 13 heavy (non-hydrogen) atoms. The molecule has 0 radical (unpaired) electrons. The van der Waals surface area contributed by atoms with Crippen LogP contribution in [-0.4, -0.2) is 31.0 Å². The van der Waals surface area contributed by atoms with Gasteiger partial charge in [-0.15, -0.1) is 0 Å². The molecule has 0 aliphatic rings. The van der Waals surface area contributed by atoms with Crippen LogP contribution in [0.3, 0.4) is 0 Å². The molecule has 0 atom stereocenters. The number of hydrogen-bond acceptors (Lipinski definition) is 3. The molecule has 0 saturated carbocycles. The Labute approximate surface area is 71.1 Å². The van der Waals surface area contributed by atoms with E-state index < -0.39 is 33.9 Å². The Bertz CT molecular complexity index is 171. The Balaban J connectivity index is 3.74. The van der Waals surface area contributed by atoms with Gasteiger partial charge in [-0.05, 0) is 0 Å². The minimum absolute atomic E-state index is 1.34. The van der Waals surface area contributed by atoms with Crippen molar-refractivity contribution in [3.63, 3.8) is 0 Å². The zero-order valence-corrected chi connectivity index (χ0v) is 7.09. The summed E-state index contributed by atoms with van der Waals surface area (Å²) in [6.07, 6.45) is -5.92. The maximum absolute atomic E-state index is 11.4. The highest BCUT2D eigenvalue weighted by molar-refractivity contribution is 7.47. The van der Waals surface area contributed by atoms with Crippen molar-refractivity contribution in [2.75, 3.05) is 13.2 Å². The second-order valence-corrected chi connectivity index (χ2v) is 3.30. The lowest BCUT2D eigenvalue weighted by Gasteiger charge is -2.10. The second kappa shape index (κ2) is 5.54. The fraction of sp³-hybridized carbons (Fsp3) is 1.00. The Morgan fingerprint density at radius 2 is 1.38 bits per heavy atom. The zero-order valence-electron chi connectivity index (χ0n) is 6.20. The summed E-state index contributed by atoms with van der Waals surface area (Å²) in [5.41, 5.74) is 0. The number of phosphoric ester groups is 1. The van der Waals surface area contributed by atoms with Crippen LogP contribution in [-0.2, 0) is 13.6 Å². The van der Waals surface area contributed by atoms with Gasteiger partial charge in [-0.3, -0.25) is 9.05 Å². The Kier molecular flexibility index (Phi) is 5.46. The number of hydrogen-bond donors (Lipinski definition) is 1. The van der Waals surface area contributed by atoms with E-state index >= 15 is 0 Å². The van der Waals surface area contributed by atoms with Crippen LogP contribution in [0.4, 0.5) is 17.6 Å². The third-order valence-corrected chi connectivity index (χ3v) is 1.68. The molecule has 0 aromatic carbocycles. The van der Waals surface area contributed by atoms with E-state index in [4.69, 9.17) is 4.89 Å². The molecule has 0 aromatic rings. The normalized spacial score (nSPS) is 12.8. The summed E-state index contributed by atoms with van der Waals surface area (Å²) in [6, 6.07) is 0. The second-order valence-electron chi connectivity index (χ2n) is 1.84. The summed E-state index contributed by atoms with van der Waals surface area (Å²) in [5.74, 6) is 0. The molecule has 0 rings (SSSR count). The average Bonchev–Trinajstić information content (AvgIpc) is 1.98. The van der Waals surface area contributed by atoms with Gasteiger partial charge in [0.15, 0.2) is 0 Å². The fourth-order valence-corrected chi connectivity index (χ4v) is 1.02. The quantitative estimate of drug-likeness (QED) is 0.552. The van der Waals surface area contributed by atoms with E-state index in [2.05, 4.69) is 9.05 Å². The molecular weight excluding hydrogens is 219 g/mol.